The van der Waals surface area contributed by atoms with Gasteiger partial charge in [-0.05, 0) is 30.4 Å². The number of hydrogen-bond acceptors (Lipinski definition) is 5. The first-order valence-electron chi connectivity index (χ1n) is 9.65. The van der Waals surface area contributed by atoms with Crippen molar-refractivity contribution in [1.29, 1.82) is 0 Å². The van der Waals surface area contributed by atoms with Crippen LogP contribution in [0, 0.1) is 10.4 Å². The van der Waals surface area contributed by atoms with Gasteiger partial charge >= 0.3 is 12.1 Å². The lowest BCUT2D eigenvalue weighted by molar-refractivity contribution is -0.376. The lowest BCUT2D eigenvalue weighted by Crippen LogP contribution is -2.28. The number of aromatic carboxylic acids is 1. The van der Waals surface area contributed by atoms with Crippen molar-refractivity contribution in [2.24, 2.45) is 0 Å². The zero-order valence-corrected chi connectivity index (χ0v) is 19.5. The van der Waals surface area contributed by atoms with Crippen LogP contribution in [0.1, 0.15) is 15.9 Å². The lowest BCUT2D eigenvalue weighted by Gasteiger charge is -2.16. The van der Waals surface area contributed by atoms with Gasteiger partial charge in [0.1, 0.15) is 0 Å². The van der Waals surface area contributed by atoms with Crippen LogP contribution in [0.3, 0.4) is 0 Å². The minimum atomic E-state index is -4.76. The lowest BCUT2D eigenvalue weighted by atomic mass is 9.95. The van der Waals surface area contributed by atoms with Crippen LogP contribution < -0.4 is 15.8 Å². The number of hydrogen-bond donors (Lipinski definition) is 2. The van der Waals surface area contributed by atoms with E-state index in [2.05, 4.69) is 5.32 Å². The maximum absolute atomic E-state index is 13.2. The number of nitrogens with zero attached hydrogens (tertiary/aromatic N) is 1. The molecule has 2 aromatic carbocycles. The highest BCUT2D eigenvalue weighted by Crippen LogP contribution is 2.33. The van der Waals surface area contributed by atoms with Crippen molar-refractivity contribution in [1.82, 2.24) is 5.32 Å². The van der Waals surface area contributed by atoms with Crippen molar-refractivity contribution in [3.05, 3.63) is 108 Å². The van der Waals surface area contributed by atoms with Gasteiger partial charge in [-0.3, -0.25) is 0 Å². The van der Waals surface area contributed by atoms with Gasteiger partial charge in [0.2, 0.25) is 5.71 Å². The number of carboxylic acid groups (broad SMARTS) is 1. The topological polar surface area (TPSA) is 98.5 Å². The molecule has 0 spiro atoms. The Morgan fingerprint density at radius 1 is 1.06 bits per heavy atom. The summed E-state index contributed by atoms with van der Waals surface area (Å²) in [7, 11) is 0. The van der Waals surface area contributed by atoms with E-state index in [9.17, 15) is 33.5 Å². The van der Waals surface area contributed by atoms with E-state index >= 15 is 0 Å². The van der Waals surface area contributed by atoms with Gasteiger partial charge in [-0.15, -0.1) is 0 Å². The molecule has 0 aromatic heterocycles. The van der Waals surface area contributed by atoms with E-state index in [4.69, 9.17) is 23.2 Å². The van der Waals surface area contributed by atoms with Crippen molar-refractivity contribution >= 4 is 62.9 Å². The molecule has 12 heteroatoms. The van der Waals surface area contributed by atoms with E-state index in [1.165, 1.54) is 30.0 Å². The molecule has 2 aromatic rings. The number of nitrogens with one attached hydrogen (secondary N) is 1. The molecule has 1 aliphatic carbocycles. The molecular weight excluding hydrogens is 528 g/mol. The largest absolute Gasteiger partial charge is 0.612 e. The van der Waals surface area contributed by atoms with E-state index in [1.54, 1.807) is 23.6 Å². The van der Waals surface area contributed by atoms with Gasteiger partial charge in [0.05, 0.1) is 37.5 Å². The summed E-state index contributed by atoms with van der Waals surface area (Å²) < 4.78 is 39.7. The molecule has 0 atom stereocenters. The molecule has 180 valence electrons. The number of thioether (sulfide) groups is 1. The van der Waals surface area contributed by atoms with Crippen LogP contribution in [-0.4, -0.2) is 27.9 Å². The average Bonchev–Trinajstić information content (AvgIpc) is 3.29. The minimum absolute atomic E-state index is 0.208. The molecule has 4 rings (SSSR count). The Morgan fingerprint density at radius 2 is 1.80 bits per heavy atom. The van der Waals surface area contributed by atoms with E-state index in [-0.39, 0.29) is 10.8 Å². The Bertz CT molecular complexity index is 1510. The zero-order chi connectivity index (χ0) is 25.5. The molecule has 6 nitrogen and oxygen atoms in total. The molecule has 1 aliphatic heterocycles. The maximum Gasteiger partial charge on any atom is 0.416 e. The molecule has 0 saturated heterocycles. The Kier molecular flexibility index (Phi) is 6.63. The summed E-state index contributed by atoms with van der Waals surface area (Å²) in [5, 5.41) is 39.1. The fourth-order valence-corrected chi connectivity index (χ4v) is 4.59. The number of rotatable bonds is 2. The minimum Gasteiger partial charge on any atom is -0.612 e. The Labute approximate surface area is 209 Å². The van der Waals surface area contributed by atoms with E-state index in [0.717, 1.165) is 5.56 Å². The number of alkyl halides is 3. The van der Waals surface area contributed by atoms with E-state index < -0.39 is 33.9 Å². The van der Waals surface area contributed by atoms with Crippen LogP contribution >= 0.6 is 35.0 Å². The van der Waals surface area contributed by atoms with Gasteiger partial charge in [-0.25, -0.2) is 4.79 Å². The number of benzene rings is 2. The first-order valence-corrected chi connectivity index (χ1v) is 11.3. The molecule has 0 unspecified atom stereocenters. The smallest absolute Gasteiger partial charge is 0.416 e. The van der Waals surface area contributed by atoms with Crippen LogP contribution in [0.4, 0.5) is 13.2 Å². The highest BCUT2D eigenvalue weighted by molar-refractivity contribution is 8.11. The van der Waals surface area contributed by atoms with Crippen molar-refractivity contribution < 1.29 is 28.0 Å². The third kappa shape index (κ3) is 5.04. The predicted octanol–water partition coefficient (Wildman–Crippen LogP) is 4.75. The van der Waals surface area contributed by atoms with E-state index in [1.807, 2.05) is 0 Å². The van der Waals surface area contributed by atoms with Gasteiger partial charge < -0.3 is 20.8 Å². The molecule has 0 bridgehead atoms. The molecule has 1 heterocycles. The van der Waals surface area contributed by atoms with E-state index in [0.29, 0.717) is 44.2 Å². The predicted molar refractivity (Wildman–Crippen MR) is 130 cm³/mol. The number of allylic oxidation sites excluding steroid dienone is 4. The standard InChI is InChI=1S/C23H12Cl2F3N2O4S/c24-17-5-2-11(8-18(17)25)19-10-35-21(29-19)12-1-4-14(16(7-12)22(31)32)15-9-13(23(26,27)28)3-6-20(15)30(33)34/h1-10,29H,(H-,31,32,33,34)/q-1. The van der Waals surface area contributed by atoms with Crippen LogP contribution in [0.25, 0.3) is 16.3 Å². The van der Waals surface area contributed by atoms with Crippen molar-refractivity contribution in [2.45, 2.75) is 6.18 Å². The van der Waals surface area contributed by atoms with Crippen LogP contribution in [0.15, 0.2) is 65.6 Å². The SMILES string of the molecule is O=C(O)c1cc(=C2NC(c3ccc(Cl)c(Cl)c3)=CS2)ccc1=C1C=C(C(F)(F)F)C=CC1=[N+]([O-])[O-]. The van der Waals surface area contributed by atoms with Gasteiger partial charge in [0.15, 0.2) is 0 Å². The summed E-state index contributed by atoms with van der Waals surface area (Å²) in [5.41, 5.74) is -1.19. The summed E-state index contributed by atoms with van der Waals surface area (Å²) in [6.07, 6.45) is -2.88. The molecule has 2 aliphatic rings. The quantitative estimate of drug-likeness (QED) is 0.422. The van der Waals surface area contributed by atoms with Crippen LogP contribution in [0.5, 0.6) is 0 Å². The normalized spacial score (nSPS) is 18.7. The molecule has 0 amide bonds. The second-order valence-corrected chi connectivity index (χ2v) is 8.98. The van der Waals surface area contributed by atoms with Gasteiger partial charge in [-0.2, -0.15) is 18.1 Å². The summed E-state index contributed by atoms with van der Waals surface area (Å²) in [6, 6.07) is 9.02. The second-order valence-electron chi connectivity index (χ2n) is 7.28. The van der Waals surface area contributed by atoms with Crippen LogP contribution in [-0.2, 0) is 0 Å². The number of halogens is 5. The molecule has 2 N–H and O–H groups in total. The first kappa shape index (κ1) is 24.8. The number of carboxylic acids is 1. The number of carbonyl (C=O) groups is 1. The Morgan fingerprint density at radius 3 is 2.43 bits per heavy atom. The van der Waals surface area contributed by atoms with Crippen molar-refractivity contribution in [2.75, 3.05) is 0 Å². The van der Waals surface area contributed by atoms with Gasteiger partial charge in [0.25, 0.3) is 0 Å². The molecule has 35 heavy (non-hydrogen) atoms. The molecule has 0 saturated carbocycles. The summed E-state index contributed by atoms with van der Waals surface area (Å²) in [4.78, 5) is 11.2. The van der Waals surface area contributed by atoms with Gasteiger partial charge in [0, 0.05) is 27.5 Å². The second kappa shape index (κ2) is 9.37. The fraction of sp³-hybridized carbons (Fsp3) is 0.0435. The van der Waals surface area contributed by atoms with Gasteiger partial charge in [-0.1, -0.05) is 53.2 Å². The highest BCUT2D eigenvalue weighted by Gasteiger charge is 2.35. The monoisotopic (exact) mass is 539 g/mol. The summed E-state index contributed by atoms with van der Waals surface area (Å²) >= 11 is 13.3. The third-order valence-corrected chi connectivity index (χ3v) is 6.76. The maximum atomic E-state index is 13.2. The highest BCUT2D eigenvalue weighted by atomic mass is 35.5. The third-order valence-electron chi connectivity index (χ3n) is 5.10. The fourth-order valence-electron chi connectivity index (χ4n) is 3.43. The summed E-state index contributed by atoms with van der Waals surface area (Å²) in [6.45, 7) is 0. The molecule has 0 radical (unpaired) electrons. The molecular formula is C23H12Cl2F3N2O4S-. The Balaban J connectivity index is 1.86. The first-order chi connectivity index (χ1) is 16.5. The summed E-state index contributed by atoms with van der Waals surface area (Å²) in [5.74, 6) is -1.45. The van der Waals surface area contributed by atoms with Crippen molar-refractivity contribution in [3.63, 3.8) is 0 Å². The van der Waals surface area contributed by atoms with Crippen LogP contribution in [0.2, 0.25) is 10.0 Å². The Hall–Kier alpha value is -3.34. The molecule has 0 fully saturated rings. The average molecular weight is 540 g/mol. The van der Waals surface area contributed by atoms with Crippen molar-refractivity contribution in [3.8, 4) is 0 Å². The zero-order valence-electron chi connectivity index (χ0n) is 17.2.